The first-order valence-corrected chi connectivity index (χ1v) is 9.07. The Balaban J connectivity index is 1.84. The van der Waals surface area contributed by atoms with E-state index in [4.69, 9.17) is 0 Å². The Hall–Kier alpha value is -3.81. The Kier molecular flexibility index (Phi) is 5.14. The van der Waals surface area contributed by atoms with Gasteiger partial charge in [-0.15, -0.1) is 0 Å². The summed E-state index contributed by atoms with van der Waals surface area (Å²) in [5.41, 5.74) is 1.06. The maximum absolute atomic E-state index is 14.0. The number of hydrogen-bond acceptors (Lipinski definition) is 2. The van der Waals surface area contributed by atoms with Crippen LogP contribution in [0.4, 0.5) is 27.6 Å². The van der Waals surface area contributed by atoms with E-state index in [1.165, 1.54) is 6.07 Å². The molecule has 4 rings (SSSR count). The summed E-state index contributed by atoms with van der Waals surface area (Å²) >= 11 is 0. The molecule has 0 aliphatic carbocycles. The van der Waals surface area contributed by atoms with Gasteiger partial charge in [0.15, 0.2) is 23.3 Å². The summed E-state index contributed by atoms with van der Waals surface area (Å²) < 4.78 is 68.3. The smallest absolute Gasteiger partial charge is 0.256 e. The molecule has 1 amide bonds. The minimum absolute atomic E-state index is 0.0369. The van der Waals surface area contributed by atoms with Crippen molar-refractivity contribution in [3.05, 3.63) is 94.8 Å². The molecule has 0 bridgehead atoms. The fourth-order valence-electron chi connectivity index (χ4n) is 3.13. The SMILES string of the molecule is Cc1ccc(-c2cc(C(=O)Nc3c(F)c(F)c(F)c(F)c3F)c3ccccc3n2)cc1. The Morgan fingerprint density at radius 3 is 2.03 bits per heavy atom. The lowest BCUT2D eigenvalue weighted by Crippen LogP contribution is -2.17. The van der Waals surface area contributed by atoms with Crippen molar-refractivity contribution in [2.24, 2.45) is 0 Å². The standard InChI is InChI=1S/C23H13F5N2O/c1-11-6-8-12(9-7-11)16-10-14(13-4-2-3-5-15(13)29-16)23(31)30-22-20(27)18(25)17(24)19(26)21(22)28/h2-10H,1H3,(H,30,31). The average molecular weight is 428 g/mol. The van der Waals surface area contributed by atoms with Crippen molar-refractivity contribution >= 4 is 22.5 Å². The maximum atomic E-state index is 14.0. The van der Waals surface area contributed by atoms with E-state index in [1.807, 2.05) is 24.4 Å². The number of carbonyl (C=O) groups is 1. The molecule has 31 heavy (non-hydrogen) atoms. The molecule has 0 aliphatic rings. The Labute approximate surface area is 173 Å². The molecule has 0 spiro atoms. The van der Waals surface area contributed by atoms with Crippen molar-refractivity contribution in [2.75, 3.05) is 5.32 Å². The highest BCUT2D eigenvalue weighted by molar-refractivity contribution is 6.13. The molecular weight excluding hydrogens is 415 g/mol. The van der Waals surface area contributed by atoms with E-state index in [1.54, 1.807) is 36.4 Å². The number of hydrogen-bond donors (Lipinski definition) is 1. The van der Waals surface area contributed by atoms with Gasteiger partial charge in [0, 0.05) is 10.9 Å². The number of aromatic nitrogens is 1. The second-order valence-electron chi connectivity index (χ2n) is 6.84. The fraction of sp³-hybridized carbons (Fsp3) is 0.0435. The third-order valence-corrected chi connectivity index (χ3v) is 4.76. The van der Waals surface area contributed by atoms with Crippen LogP contribution in [0.3, 0.4) is 0 Å². The molecule has 0 aliphatic heterocycles. The number of halogens is 5. The first-order chi connectivity index (χ1) is 14.8. The van der Waals surface area contributed by atoms with Gasteiger partial charge in [0.05, 0.1) is 16.8 Å². The number of pyridine rings is 1. The quantitative estimate of drug-likeness (QED) is 0.241. The van der Waals surface area contributed by atoms with E-state index < -0.39 is 40.7 Å². The Bertz CT molecular complexity index is 1310. The minimum atomic E-state index is -2.30. The molecule has 8 heteroatoms. The molecule has 0 fully saturated rings. The third kappa shape index (κ3) is 3.61. The normalized spacial score (nSPS) is 11.0. The van der Waals surface area contributed by atoms with Gasteiger partial charge in [-0.25, -0.2) is 26.9 Å². The van der Waals surface area contributed by atoms with Crippen LogP contribution >= 0.6 is 0 Å². The lowest BCUT2D eigenvalue weighted by atomic mass is 10.0. The molecule has 0 atom stereocenters. The molecule has 3 nitrogen and oxygen atoms in total. The van der Waals surface area contributed by atoms with Crippen LogP contribution in [0, 0.1) is 36.0 Å². The summed E-state index contributed by atoms with van der Waals surface area (Å²) in [6.07, 6.45) is 0. The molecule has 0 saturated carbocycles. The lowest BCUT2D eigenvalue weighted by Gasteiger charge is -2.13. The maximum Gasteiger partial charge on any atom is 0.256 e. The second kappa shape index (κ2) is 7.79. The van der Waals surface area contributed by atoms with E-state index in [0.717, 1.165) is 5.56 Å². The highest BCUT2D eigenvalue weighted by Gasteiger charge is 2.27. The monoisotopic (exact) mass is 428 g/mol. The van der Waals surface area contributed by atoms with Crippen molar-refractivity contribution < 1.29 is 26.7 Å². The summed E-state index contributed by atoms with van der Waals surface area (Å²) in [5, 5.41) is 2.17. The van der Waals surface area contributed by atoms with Crippen molar-refractivity contribution in [3.63, 3.8) is 0 Å². The molecule has 0 radical (unpaired) electrons. The first kappa shape index (κ1) is 20.5. The van der Waals surface area contributed by atoms with E-state index in [2.05, 4.69) is 4.98 Å². The fourth-order valence-corrected chi connectivity index (χ4v) is 3.13. The van der Waals surface area contributed by atoms with Gasteiger partial charge in [-0.05, 0) is 19.1 Å². The van der Waals surface area contributed by atoms with Crippen LogP contribution in [0.1, 0.15) is 15.9 Å². The molecule has 1 aromatic heterocycles. The van der Waals surface area contributed by atoms with E-state index in [0.29, 0.717) is 22.2 Å². The number of para-hydroxylation sites is 1. The molecule has 1 N–H and O–H groups in total. The summed E-state index contributed by atoms with van der Waals surface area (Å²) in [5.74, 6) is -11.9. The van der Waals surface area contributed by atoms with Gasteiger partial charge in [-0.2, -0.15) is 0 Å². The van der Waals surface area contributed by atoms with Gasteiger partial charge >= 0.3 is 0 Å². The summed E-state index contributed by atoms with van der Waals surface area (Å²) in [6.45, 7) is 1.90. The number of nitrogens with zero attached hydrogens (tertiary/aromatic N) is 1. The van der Waals surface area contributed by atoms with Crippen LogP contribution < -0.4 is 5.32 Å². The van der Waals surface area contributed by atoms with Gasteiger partial charge in [0.2, 0.25) is 5.82 Å². The second-order valence-corrected chi connectivity index (χ2v) is 6.84. The van der Waals surface area contributed by atoms with Crippen LogP contribution in [-0.2, 0) is 0 Å². The molecule has 0 saturated heterocycles. The summed E-state index contributed by atoms with van der Waals surface area (Å²) in [7, 11) is 0. The number of anilines is 1. The van der Waals surface area contributed by atoms with Crippen LogP contribution in [0.5, 0.6) is 0 Å². The zero-order valence-corrected chi connectivity index (χ0v) is 15.9. The molecule has 1 heterocycles. The number of benzene rings is 3. The largest absolute Gasteiger partial charge is 0.317 e. The number of fused-ring (bicyclic) bond motifs is 1. The minimum Gasteiger partial charge on any atom is -0.317 e. The molecule has 156 valence electrons. The molecular formula is C23H13F5N2O. The Morgan fingerprint density at radius 2 is 1.39 bits per heavy atom. The van der Waals surface area contributed by atoms with E-state index in [9.17, 15) is 26.7 Å². The van der Waals surface area contributed by atoms with E-state index in [-0.39, 0.29) is 5.56 Å². The van der Waals surface area contributed by atoms with Gasteiger partial charge in [-0.3, -0.25) is 4.79 Å². The van der Waals surface area contributed by atoms with Crippen molar-refractivity contribution in [3.8, 4) is 11.3 Å². The predicted molar refractivity (Wildman–Crippen MR) is 106 cm³/mol. The summed E-state index contributed by atoms with van der Waals surface area (Å²) in [6, 6.07) is 15.2. The zero-order valence-electron chi connectivity index (χ0n) is 15.9. The van der Waals surface area contributed by atoms with Crippen LogP contribution in [0.15, 0.2) is 54.6 Å². The first-order valence-electron chi connectivity index (χ1n) is 9.07. The van der Waals surface area contributed by atoms with Crippen LogP contribution in [0.2, 0.25) is 0 Å². The molecule has 3 aromatic carbocycles. The van der Waals surface area contributed by atoms with Gasteiger partial charge in [0.1, 0.15) is 5.69 Å². The van der Waals surface area contributed by atoms with Gasteiger partial charge in [0.25, 0.3) is 5.91 Å². The van der Waals surface area contributed by atoms with Crippen molar-refractivity contribution in [1.82, 2.24) is 4.98 Å². The molecule has 4 aromatic rings. The number of amides is 1. The number of aryl methyl sites for hydroxylation is 1. The van der Waals surface area contributed by atoms with Crippen molar-refractivity contribution in [2.45, 2.75) is 6.92 Å². The summed E-state index contributed by atoms with van der Waals surface area (Å²) in [4.78, 5) is 17.4. The molecule has 0 unspecified atom stereocenters. The van der Waals surface area contributed by atoms with Gasteiger partial charge in [-0.1, -0.05) is 48.0 Å². The number of rotatable bonds is 3. The zero-order chi connectivity index (χ0) is 22.3. The lowest BCUT2D eigenvalue weighted by molar-refractivity contribution is 0.102. The average Bonchev–Trinajstić information content (AvgIpc) is 2.79. The van der Waals surface area contributed by atoms with Crippen molar-refractivity contribution in [1.29, 1.82) is 0 Å². The Morgan fingerprint density at radius 1 is 0.806 bits per heavy atom. The number of nitrogens with one attached hydrogen (secondary N) is 1. The van der Waals surface area contributed by atoms with Gasteiger partial charge < -0.3 is 5.32 Å². The van der Waals surface area contributed by atoms with Crippen LogP contribution in [-0.4, -0.2) is 10.9 Å². The number of carbonyl (C=O) groups excluding carboxylic acids is 1. The predicted octanol–water partition coefficient (Wildman–Crippen LogP) is 6.16. The van der Waals surface area contributed by atoms with E-state index >= 15 is 0 Å². The third-order valence-electron chi connectivity index (χ3n) is 4.76. The van der Waals surface area contributed by atoms with Crippen LogP contribution in [0.25, 0.3) is 22.2 Å². The topological polar surface area (TPSA) is 42.0 Å². The highest BCUT2D eigenvalue weighted by Crippen LogP contribution is 2.30. The highest BCUT2D eigenvalue weighted by atomic mass is 19.2.